The Hall–Kier alpha value is -3.58. The van der Waals surface area contributed by atoms with Crippen LogP contribution in [-0.2, 0) is 42.9 Å². The summed E-state index contributed by atoms with van der Waals surface area (Å²) in [7, 11) is 0. The maximum atomic E-state index is 13.2. The number of aliphatic hydroxyl groups excluding tert-OH is 2. The zero-order chi connectivity index (χ0) is 57.5. The van der Waals surface area contributed by atoms with Crippen molar-refractivity contribution in [2.24, 2.45) is 0 Å². The van der Waals surface area contributed by atoms with Gasteiger partial charge in [-0.15, -0.1) is 0 Å². The van der Waals surface area contributed by atoms with Crippen molar-refractivity contribution in [3.63, 3.8) is 0 Å². The number of allylic oxidation sites excluding steroid dienone is 10. The molecule has 3 N–H and O–H groups in total. The van der Waals surface area contributed by atoms with Crippen molar-refractivity contribution < 1.29 is 58.2 Å². The van der Waals surface area contributed by atoms with Gasteiger partial charge < -0.3 is 39.0 Å². The minimum atomic E-state index is -1.90. The minimum Gasteiger partial charge on any atom is -0.479 e. The van der Waals surface area contributed by atoms with Gasteiger partial charge in [-0.2, -0.15) is 0 Å². The molecule has 0 spiro atoms. The predicted molar refractivity (Wildman–Crippen MR) is 322 cm³/mol. The number of carbonyl (C=O) groups is 4. The van der Waals surface area contributed by atoms with Gasteiger partial charge in [0.05, 0.1) is 6.61 Å². The van der Waals surface area contributed by atoms with Crippen LogP contribution in [0.4, 0.5) is 0 Å². The summed E-state index contributed by atoms with van der Waals surface area (Å²) < 4.78 is 28.5. The maximum Gasteiger partial charge on any atom is 0.335 e. The molecule has 0 amide bonds. The first-order valence-corrected chi connectivity index (χ1v) is 32.3. The standard InChI is InChI=1S/C67H116O12/c1-4-7-10-13-16-19-22-24-26-28-30-32-34-36-39-41-44-47-50-53-59(68)75-56-58(77-60(69)54-51-48-45-43-40-37-35-33-31-29-27-25-23-20-17-14-11-8-5-2)57-76-67-65(63(72)62(71)64(79-67)66(73)74)78-61(70)55-52-49-46-42-38-21-18-15-12-9-6-3/h7,10,16,19,24,26,30,32,36,39,58,62-65,67,71-72H,4-6,8-9,11-15,17-18,20-23,25,27-29,31,33-35,37-38,40-57H2,1-3H3,(H,73,74)/b10-7-,19-16-,26-24-,32-30-,39-36-. The Balaban J connectivity index is 2.66. The molecule has 0 bridgehead atoms. The molecule has 1 aliphatic rings. The number of unbranched alkanes of at least 4 members (excludes halogenated alkanes) is 31. The number of carboxylic acid groups (broad SMARTS) is 1. The number of ether oxygens (including phenoxy) is 5. The molecular formula is C67H116O12. The fraction of sp³-hybridized carbons (Fsp3) is 0.791. The van der Waals surface area contributed by atoms with E-state index in [0.29, 0.717) is 19.3 Å². The molecule has 12 heteroatoms. The topological polar surface area (TPSA) is 175 Å². The molecule has 6 atom stereocenters. The lowest BCUT2D eigenvalue weighted by Gasteiger charge is -2.40. The van der Waals surface area contributed by atoms with Crippen molar-refractivity contribution in [3.05, 3.63) is 60.8 Å². The molecule has 6 unspecified atom stereocenters. The van der Waals surface area contributed by atoms with Gasteiger partial charge in [0.25, 0.3) is 0 Å². The molecule has 456 valence electrons. The van der Waals surface area contributed by atoms with Gasteiger partial charge in [0, 0.05) is 19.3 Å². The van der Waals surface area contributed by atoms with Gasteiger partial charge in [-0.05, 0) is 64.2 Å². The van der Waals surface area contributed by atoms with E-state index in [1.165, 1.54) is 135 Å². The van der Waals surface area contributed by atoms with Crippen molar-refractivity contribution in [2.75, 3.05) is 13.2 Å². The van der Waals surface area contributed by atoms with Gasteiger partial charge in [-0.3, -0.25) is 14.4 Å². The quantitative estimate of drug-likeness (QED) is 0.0228. The SMILES string of the molecule is CC/C=C\C/C=C\C/C=C\C/C=C\C/C=C\CCCCCC(=O)OCC(COC1OC(C(=O)O)C(O)C(O)C1OC(=O)CCCCCCCCCCCCC)OC(=O)CCCCCCCCCCCCCCCCCCCCC. The summed E-state index contributed by atoms with van der Waals surface area (Å²) in [5, 5.41) is 31.5. The van der Waals surface area contributed by atoms with Crippen molar-refractivity contribution in [3.8, 4) is 0 Å². The predicted octanol–water partition coefficient (Wildman–Crippen LogP) is 17.1. The molecule has 12 nitrogen and oxygen atoms in total. The third-order valence-corrected chi connectivity index (χ3v) is 14.6. The molecule has 1 heterocycles. The van der Waals surface area contributed by atoms with E-state index in [2.05, 4.69) is 81.5 Å². The lowest BCUT2D eigenvalue weighted by Crippen LogP contribution is -2.61. The zero-order valence-corrected chi connectivity index (χ0v) is 50.4. The lowest BCUT2D eigenvalue weighted by molar-refractivity contribution is -0.301. The molecule has 1 fully saturated rings. The van der Waals surface area contributed by atoms with E-state index in [9.17, 15) is 34.5 Å². The zero-order valence-electron chi connectivity index (χ0n) is 50.4. The van der Waals surface area contributed by atoms with Crippen molar-refractivity contribution in [1.82, 2.24) is 0 Å². The summed E-state index contributed by atoms with van der Waals surface area (Å²) in [4.78, 5) is 51.2. The Bertz CT molecular complexity index is 1600. The fourth-order valence-corrected chi connectivity index (χ4v) is 9.69. The van der Waals surface area contributed by atoms with Crippen molar-refractivity contribution in [1.29, 1.82) is 0 Å². The Labute approximate surface area is 481 Å². The van der Waals surface area contributed by atoms with Crippen LogP contribution in [0.3, 0.4) is 0 Å². The van der Waals surface area contributed by atoms with Crippen LogP contribution in [0.15, 0.2) is 60.8 Å². The van der Waals surface area contributed by atoms with E-state index in [1.54, 1.807) is 0 Å². The molecule has 79 heavy (non-hydrogen) atoms. The van der Waals surface area contributed by atoms with Crippen LogP contribution in [0.1, 0.15) is 290 Å². The van der Waals surface area contributed by atoms with Gasteiger partial charge in [-0.1, -0.05) is 268 Å². The van der Waals surface area contributed by atoms with Crippen LogP contribution >= 0.6 is 0 Å². The Kier molecular flexibility index (Phi) is 51.1. The minimum absolute atomic E-state index is 0.0600. The maximum absolute atomic E-state index is 13.2. The number of carboxylic acids is 1. The molecule has 0 aromatic carbocycles. The fourth-order valence-electron chi connectivity index (χ4n) is 9.69. The van der Waals surface area contributed by atoms with E-state index in [4.69, 9.17) is 23.7 Å². The number of aliphatic hydroxyl groups is 2. The molecule has 0 radical (unpaired) electrons. The van der Waals surface area contributed by atoms with Crippen LogP contribution < -0.4 is 0 Å². The van der Waals surface area contributed by atoms with Crippen LogP contribution in [0.25, 0.3) is 0 Å². The van der Waals surface area contributed by atoms with E-state index in [1.807, 2.05) is 0 Å². The summed E-state index contributed by atoms with van der Waals surface area (Å²) in [6.07, 6.45) is 56.2. The number of hydrogen-bond donors (Lipinski definition) is 3. The monoisotopic (exact) mass is 1110 g/mol. The Morgan fingerprint density at radius 3 is 1.22 bits per heavy atom. The molecule has 0 aliphatic carbocycles. The largest absolute Gasteiger partial charge is 0.479 e. The van der Waals surface area contributed by atoms with Crippen LogP contribution in [0.5, 0.6) is 0 Å². The number of aliphatic carboxylic acids is 1. The van der Waals surface area contributed by atoms with Gasteiger partial charge in [0.15, 0.2) is 24.6 Å². The summed E-state index contributed by atoms with van der Waals surface area (Å²) in [6.45, 7) is 5.88. The summed E-state index contributed by atoms with van der Waals surface area (Å²) in [5.74, 6) is -3.14. The average molecular weight is 1110 g/mol. The Morgan fingerprint density at radius 2 is 0.797 bits per heavy atom. The van der Waals surface area contributed by atoms with Gasteiger partial charge in [0.1, 0.15) is 18.8 Å². The summed E-state index contributed by atoms with van der Waals surface area (Å²) in [5.41, 5.74) is 0. The molecule has 0 aromatic heterocycles. The highest BCUT2D eigenvalue weighted by molar-refractivity contribution is 5.74. The van der Waals surface area contributed by atoms with Crippen LogP contribution in [-0.4, -0.2) is 89.2 Å². The van der Waals surface area contributed by atoms with E-state index in [0.717, 1.165) is 96.3 Å². The highest BCUT2D eigenvalue weighted by Gasteiger charge is 2.50. The third kappa shape index (κ3) is 44.7. The van der Waals surface area contributed by atoms with Crippen LogP contribution in [0.2, 0.25) is 0 Å². The molecule has 0 saturated carbocycles. The number of rotatable bonds is 55. The normalized spacial score (nSPS) is 18.2. The highest BCUT2D eigenvalue weighted by atomic mass is 16.7. The molecule has 1 saturated heterocycles. The first-order chi connectivity index (χ1) is 38.6. The van der Waals surface area contributed by atoms with Crippen molar-refractivity contribution >= 4 is 23.9 Å². The second-order valence-corrected chi connectivity index (χ2v) is 22.0. The molecule has 0 aromatic rings. The molecule has 1 aliphatic heterocycles. The lowest BCUT2D eigenvalue weighted by atomic mass is 9.98. The summed E-state index contributed by atoms with van der Waals surface area (Å²) in [6, 6.07) is 0. The second-order valence-electron chi connectivity index (χ2n) is 22.0. The molecular weight excluding hydrogens is 997 g/mol. The number of esters is 3. The van der Waals surface area contributed by atoms with E-state index < -0.39 is 67.3 Å². The Morgan fingerprint density at radius 1 is 0.430 bits per heavy atom. The van der Waals surface area contributed by atoms with Gasteiger partial charge >= 0.3 is 23.9 Å². The number of carbonyl (C=O) groups excluding carboxylic acids is 3. The third-order valence-electron chi connectivity index (χ3n) is 14.6. The summed E-state index contributed by atoms with van der Waals surface area (Å²) >= 11 is 0. The van der Waals surface area contributed by atoms with Crippen LogP contribution in [0, 0.1) is 0 Å². The molecule has 1 rings (SSSR count). The van der Waals surface area contributed by atoms with Gasteiger partial charge in [-0.25, -0.2) is 4.79 Å². The van der Waals surface area contributed by atoms with E-state index >= 15 is 0 Å². The average Bonchev–Trinajstić information content (AvgIpc) is 3.47. The van der Waals surface area contributed by atoms with Crippen molar-refractivity contribution in [2.45, 2.75) is 327 Å². The first kappa shape index (κ1) is 73.4. The smallest absolute Gasteiger partial charge is 0.335 e. The van der Waals surface area contributed by atoms with E-state index in [-0.39, 0.29) is 25.9 Å². The highest BCUT2D eigenvalue weighted by Crippen LogP contribution is 2.27. The second kappa shape index (κ2) is 55.0. The first-order valence-electron chi connectivity index (χ1n) is 32.3. The number of hydrogen-bond acceptors (Lipinski definition) is 11. The van der Waals surface area contributed by atoms with Gasteiger partial charge in [0.2, 0.25) is 0 Å².